The average Bonchev–Trinajstić information content (AvgIpc) is 2.65. The summed E-state index contributed by atoms with van der Waals surface area (Å²) < 4.78 is 13.2. The van der Waals surface area contributed by atoms with Crippen molar-refractivity contribution >= 4 is 17.6 Å². The maximum Gasteiger partial charge on any atom is 0.224 e. The first-order valence-corrected chi connectivity index (χ1v) is 9.18. The normalized spacial score (nSPS) is 11.1. The highest BCUT2D eigenvalue weighted by atomic mass is 19.1. The lowest BCUT2D eigenvalue weighted by atomic mass is 10.1. The lowest BCUT2D eigenvalue weighted by Crippen LogP contribution is -2.37. The Balaban J connectivity index is 1.80. The summed E-state index contributed by atoms with van der Waals surface area (Å²) in [5.74, 6) is 0.477. The van der Waals surface area contributed by atoms with Crippen LogP contribution in [0, 0.1) is 5.82 Å². The predicted octanol–water partition coefficient (Wildman–Crippen LogP) is 3.47. The van der Waals surface area contributed by atoms with E-state index in [0.29, 0.717) is 31.9 Å². The van der Waals surface area contributed by atoms with Gasteiger partial charge in [0.05, 0.1) is 0 Å². The fourth-order valence-electron chi connectivity index (χ4n) is 2.63. The van der Waals surface area contributed by atoms with Gasteiger partial charge in [-0.3, -0.25) is 9.79 Å². The highest BCUT2D eigenvalue weighted by Crippen LogP contribution is 2.11. The molecule has 6 heteroatoms. The van der Waals surface area contributed by atoms with Crippen LogP contribution in [0.2, 0.25) is 0 Å². The van der Waals surface area contributed by atoms with E-state index in [-0.39, 0.29) is 11.7 Å². The molecular weight excluding hydrogens is 343 g/mol. The van der Waals surface area contributed by atoms with Gasteiger partial charge in [0, 0.05) is 32.2 Å². The fraction of sp³-hybridized carbons (Fsp3) is 0.333. The third-order valence-electron chi connectivity index (χ3n) is 3.97. The number of rotatable bonds is 8. The van der Waals surface area contributed by atoms with Crippen molar-refractivity contribution in [2.45, 2.75) is 32.7 Å². The van der Waals surface area contributed by atoms with Crippen LogP contribution in [0.25, 0.3) is 0 Å². The van der Waals surface area contributed by atoms with Gasteiger partial charge in [0.1, 0.15) is 5.82 Å². The Morgan fingerprint density at radius 1 is 1.07 bits per heavy atom. The second-order valence-corrected chi connectivity index (χ2v) is 6.23. The number of benzene rings is 2. The van der Waals surface area contributed by atoms with Gasteiger partial charge in [-0.05, 0) is 48.2 Å². The smallest absolute Gasteiger partial charge is 0.224 e. The number of amides is 1. The predicted molar refractivity (Wildman–Crippen MR) is 108 cm³/mol. The number of halogens is 1. The number of nitrogens with zero attached hydrogens (tertiary/aromatic N) is 1. The topological polar surface area (TPSA) is 65.5 Å². The Bertz CT molecular complexity index is 776. The molecule has 2 rings (SSSR count). The molecule has 3 N–H and O–H groups in total. The molecule has 0 saturated carbocycles. The summed E-state index contributed by atoms with van der Waals surface area (Å²) >= 11 is 0. The van der Waals surface area contributed by atoms with Gasteiger partial charge in [-0.2, -0.15) is 0 Å². The van der Waals surface area contributed by atoms with Crippen LogP contribution in [-0.4, -0.2) is 25.5 Å². The van der Waals surface area contributed by atoms with Gasteiger partial charge in [-0.25, -0.2) is 4.39 Å². The summed E-state index contributed by atoms with van der Waals surface area (Å²) in [6.07, 6.45) is 2.05. The number of carbonyl (C=O) groups is 1. The first-order chi connectivity index (χ1) is 13.1. The van der Waals surface area contributed by atoms with Crippen LogP contribution in [0.15, 0.2) is 53.5 Å². The Morgan fingerprint density at radius 3 is 2.59 bits per heavy atom. The number of nitrogens with one attached hydrogen (secondary N) is 3. The van der Waals surface area contributed by atoms with Crippen LogP contribution in [0.3, 0.4) is 0 Å². The van der Waals surface area contributed by atoms with Gasteiger partial charge >= 0.3 is 0 Å². The zero-order valence-electron chi connectivity index (χ0n) is 15.9. The van der Waals surface area contributed by atoms with E-state index >= 15 is 0 Å². The van der Waals surface area contributed by atoms with Crippen LogP contribution < -0.4 is 16.0 Å². The molecular formula is C21H27FN4O. The van der Waals surface area contributed by atoms with Crippen molar-refractivity contribution in [3.63, 3.8) is 0 Å². The van der Waals surface area contributed by atoms with E-state index < -0.39 is 0 Å². The molecule has 0 aliphatic carbocycles. The summed E-state index contributed by atoms with van der Waals surface area (Å²) in [6, 6.07) is 14.3. The number of carbonyl (C=O) groups excluding carboxylic acids is 1. The SMILES string of the molecule is CCCC(=O)Nc1cccc(CNC(=NC)NCCc2cccc(F)c2)c1. The number of aliphatic imine (C=N–C) groups is 1. The summed E-state index contributed by atoms with van der Waals surface area (Å²) in [5, 5.41) is 9.36. The maximum atomic E-state index is 13.2. The molecule has 0 fully saturated rings. The van der Waals surface area contributed by atoms with Crippen molar-refractivity contribution in [1.29, 1.82) is 0 Å². The number of hydrogen-bond donors (Lipinski definition) is 3. The van der Waals surface area contributed by atoms with Crippen LogP contribution in [0.1, 0.15) is 30.9 Å². The van der Waals surface area contributed by atoms with Gasteiger partial charge in [0.15, 0.2) is 5.96 Å². The van der Waals surface area contributed by atoms with E-state index in [2.05, 4.69) is 20.9 Å². The minimum absolute atomic E-state index is 0.0254. The Labute approximate surface area is 160 Å². The molecule has 0 aliphatic heterocycles. The molecule has 0 bridgehead atoms. The molecule has 0 radical (unpaired) electrons. The molecule has 5 nitrogen and oxygen atoms in total. The van der Waals surface area contributed by atoms with Gasteiger partial charge < -0.3 is 16.0 Å². The molecule has 1 amide bonds. The highest BCUT2D eigenvalue weighted by molar-refractivity contribution is 5.90. The van der Waals surface area contributed by atoms with Gasteiger partial charge in [0.25, 0.3) is 0 Å². The van der Waals surface area contributed by atoms with E-state index in [0.717, 1.165) is 23.2 Å². The van der Waals surface area contributed by atoms with Crippen LogP contribution in [-0.2, 0) is 17.8 Å². The molecule has 0 saturated heterocycles. The number of anilines is 1. The minimum Gasteiger partial charge on any atom is -0.356 e. The van der Waals surface area contributed by atoms with Crippen molar-refractivity contribution in [2.75, 3.05) is 18.9 Å². The van der Waals surface area contributed by atoms with Crippen LogP contribution >= 0.6 is 0 Å². The zero-order valence-corrected chi connectivity index (χ0v) is 15.9. The van der Waals surface area contributed by atoms with Crippen molar-refractivity contribution in [2.24, 2.45) is 4.99 Å². The van der Waals surface area contributed by atoms with Crippen molar-refractivity contribution in [3.05, 3.63) is 65.5 Å². The van der Waals surface area contributed by atoms with E-state index in [1.165, 1.54) is 12.1 Å². The average molecular weight is 370 g/mol. The molecule has 0 heterocycles. The molecule has 27 heavy (non-hydrogen) atoms. The second kappa shape index (κ2) is 11.0. The summed E-state index contributed by atoms with van der Waals surface area (Å²) in [5.41, 5.74) is 2.77. The largest absolute Gasteiger partial charge is 0.356 e. The molecule has 0 spiro atoms. The van der Waals surface area contributed by atoms with Crippen LogP contribution in [0.4, 0.5) is 10.1 Å². The van der Waals surface area contributed by atoms with Gasteiger partial charge in [-0.15, -0.1) is 0 Å². The quantitative estimate of drug-likeness (QED) is 0.492. The lowest BCUT2D eigenvalue weighted by molar-refractivity contribution is -0.116. The Morgan fingerprint density at radius 2 is 1.85 bits per heavy atom. The number of guanidine groups is 1. The zero-order chi connectivity index (χ0) is 19.5. The van der Waals surface area contributed by atoms with Crippen molar-refractivity contribution in [1.82, 2.24) is 10.6 Å². The molecule has 0 aromatic heterocycles. The molecule has 144 valence electrons. The molecule has 0 atom stereocenters. The third kappa shape index (κ3) is 7.48. The Hall–Kier alpha value is -2.89. The standard InChI is InChI=1S/C21H27FN4O/c1-3-6-20(27)26-19-10-5-8-17(14-19)15-25-21(23-2)24-12-11-16-7-4-9-18(22)13-16/h4-5,7-10,13-14H,3,6,11-12,15H2,1-2H3,(H,26,27)(H2,23,24,25). The highest BCUT2D eigenvalue weighted by Gasteiger charge is 2.03. The molecule has 2 aromatic carbocycles. The first kappa shape index (κ1) is 20.4. The van der Waals surface area contributed by atoms with Gasteiger partial charge in [0.2, 0.25) is 5.91 Å². The maximum absolute atomic E-state index is 13.2. The van der Waals surface area contributed by atoms with Crippen LogP contribution in [0.5, 0.6) is 0 Å². The van der Waals surface area contributed by atoms with E-state index in [1.807, 2.05) is 37.3 Å². The fourth-order valence-corrected chi connectivity index (χ4v) is 2.63. The first-order valence-electron chi connectivity index (χ1n) is 9.18. The van der Waals surface area contributed by atoms with Crippen molar-refractivity contribution < 1.29 is 9.18 Å². The lowest BCUT2D eigenvalue weighted by Gasteiger charge is -2.13. The van der Waals surface area contributed by atoms with E-state index in [4.69, 9.17) is 0 Å². The van der Waals surface area contributed by atoms with E-state index in [1.54, 1.807) is 13.1 Å². The van der Waals surface area contributed by atoms with E-state index in [9.17, 15) is 9.18 Å². The van der Waals surface area contributed by atoms with Gasteiger partial charge in [-0.1, -0.05) is 31.2 Å². The molecule has 0 unspecified atom stereocenters. The summed E-state index contributed by atoms with van der Waals surface area (Å²) in [4.78, 5) is 15.9. The number of hydrogen-bond acceptors (Lipinski definition) is 2. The Kier molecular flexibility index (Phi) is 8.29. The molecule has 0 aliphatic rings. The molecule has 2 aromatic rings. The summed E-state index contributed by atoms with van der Waals surface area (Å²) in [7, 11) is 1.71. The minimum atomic E-state index is -0.221. The third-order valence-corrected chi connectivity index (χ3v) is 3.97. The second-order valence-electron chi connectivity index (χ2n) is 6.23. The summed E-state index contributed by atoms with van der Waals surface area (Å²) in [6.45, 7) is 3.21. The monoisotopic (exact) mass is 370 g/mol. The van der Waals surface area contributed by atoms with Crippen molar-refractivity contribution in [3.8, 4) is 0 Å².